The number of benzene rings is 2. The fourth-order valence-electron chi connectivity index (χ4n) is 2.80. The van der Waals surface area contributed by atoms with Gasteiger partial charge in [-0.2, -0.15) is 0 Å². The number of nitrogens with zero attached hydrogens (tertiary/aromatic N) is 1. The highest BCUT2D eigenvalue weighted by atomic mass is 19.1. The first kappa shape index (κ1) is 17.0. The molecule has 0 radical (unpaired) electrons. The Balaban J connectivity index is 1.71. The summed E-state index contributed by atoms with van der Waals surface area (Å²) in [4.78, 5) is 14.6. The van der Waals surface area contributed by atoms with Crippen molar-refractivity contribution >= 4 is 22.6 Å². The van der Waals surface area contributed by atoms with E-state index in [0.29, 0.717) is 17.5 Å². The lowest BCUT2D eigenvalue weighted by molar-refractivity contribution is 0.0925. The van der Waals surface area contributed by atoms with Gasteiger partial charge in [0, 0.05) is 36.3 Å². The zero-order valence-corrected chi connectivity index (χ0v) is 14.5. The molecule has 2 aromatic carbocycles. The molecule has 1 unspecified atom stereocenters. The van der Waals surface area contributed by atoms with Gasteiger partial charge in [-0.1, -0.05) is 30.3 Å². The number of hydrogen-bond acceptors (Lipinski definition) is 3. The molecule has 3 rings (SSSR count). The van der Waals surface area contributed by atoms with E-state index >= 15 is 0 Å². The van der Waals surface area contributed by atoms with Gasteiger partial charge >= 0.3 is 0 Å². The number of fused-ring (bicyclic) bond motifs is 1. The minimum Gasteiger partial charge on any atom is -0.448 e. The smallest absolute Gasteiger partial charge is 0.287 e. The quantitative estimate of drug-likeness (QED) is 0.759. The van der Waals surface area contributed by atoms with Gasteiger partial charge < -0.3 is 14.6 Å². The number of carbonyl (C=O) groups excluding carboxylic acids is 1. The van der Waals surface area contributed by atoms with Gasteiger partial charge in [-0.05, 0) is 32.0 Å². The van der Waals surface area contributed by atoms with E-state index in [1.165, 1.54) is 6.07 Å². The van der Waals surface area contributed by atoms with Gasteiger partial charge in [0.2, 0.25) is 0 Å². The first-order valence-corrected chi connectivity index (χ1v) is 8.22. The van der Waals surface area contributed by atoms with Crippen molar-refractivity contribution in [1.82, 2.24) is 5.32 Å². The normalized spacial score (nSPS) is 12.2. The molecule has 1 aromatic heterocycles. The number of nitrogens with one attached hydrogen (secondary N) is 1. The summed E-state index contributed by atoms with van der Waals surface area (Å²) in [7, 11) is 1.98. The van der Waals surface area contributed by atoms with Gasteiger partial charge in [0.15, 0.2) is 17.2 Å². The SMILES string of the molecule is Cc1c(C(=O)NCC(C)N(C)c2ccccc2)oc2c(F)cccc12. The summed E-state index contributed by atoms with van der Waals surface area (Å²) >= 11 is 0. The Morgan fingerprint density at radius 1 is 1.20 bits per heavy atom. The van der Waals surface area contributed by atoms with Crippen LogP contribution in [0.4, 0.5) is 10.1 Å². The zero-order chi connectivity index (χ0) is 18.0. The maximum absolute atomic E-state index is 13.8. The summed E-state index contributed by atoms with van der Waals surface area (Å²) in [6.07, 6.45) is 0. The number of amides is 1. The molecule has 4 nitrogen and oxygen atoms in total. The molecular formula is C20H21FN2O2. The van der Waals surface area contributed by atoms with E-state index in [0.717, 1.165) is 5.69 Å². The van der Waals surface area contributed by atoms with E-state index in [2.05, 4.69) is 10.2 Å². The second kappa shape index (κ2) is 6.97. The van der Waals surface area contributed by atoms with Crippen molar-refractivity contribution in [3.8, 4) is 0 Å². The van der Waals surface area contributed by atoms with Gasteiger partial charge in [-0.25, -0.2) is 4.39 Å². The first-order valence-electron chi connectivity index (χ1n) is 8.22. The van der Waals surface area contributed by atoms with E-state index in [1.807, 2.05) is 44.3 Å². The summed E-state index contributed by atoms with van der Waals surface area (Å²) < 4.78 is 19.3. The summed E-state index contributed by atoms with van der Waals surface area (Å²) in [5, 5.41) is 3.50. The minimum absolute atomic E-state index is 0.0905. The highest BCUT2D eigenvalue weighted by Crippen LogP contribution is 2.27. The highest BCUT2D eigenvalue weighted by Gasteiger charge is 2.20. The molecule has 0 fully saturated rings. The van der Waals surface area contributed by atoms with Gasteiger partial charge in [-0.3, -0.25) is 4.79 Å². The van der Waals surface area contributed by atoms with Crippen molar-refractivity contribution in [2.45, 2.75) is 19.9 Å². The first-order chi connectivity index (χ1) is 12.0. The lowest BCUT2D eigenvalue weighted by Gasteiger charge is -2.27. The van der Waals surface area contributed by atoms with E-state index in [1.54, 1.807) is 19.1 Å². The van der Waals surface area contributed by atoms with Gasteiger partial charge in [-0.15, -0.1) is 0 Å². The molecule has 0 saturated carbocycles. The van der Waals surface area contributed by atoms with Crippen LogP contribution in [0, 0.1) is 12.7 Å². The van der Waals surface area contributed by atoms with Crippen molar-refractivity contribution in [3.63, 3.8) is 0 Å². The number of anilines is 1. The van der Waals surface area contributed by atoms with E-state index in [9.17, 15) is 9.18 Å². The van der Waals surface area contributed by atoms with Crippen LogP contribution in [0.25, 0.3) is 11.0 Å². The number of likely N-dealkylation sites (N-methyl/N-ethyl adjacent to an activating group) is 1. The molecule has 0 saturated heterocycles. The van der Waals surface area contributed by atoms with Gasteiger partial charge in [0.05, 0.1) is 0 Å². The zero-order valence-electron chi connectivity index (χ0n) is 14.5. The van der Waals surface area contributed by atoms with E-state index < -0.39 is 5.82 Å². The molecule has 130 valence electrons. The van der Waals surface area contributed by atoms with Crippen LogP contribution in [0.15, 0.2) is 52.9 Å². The van der Waals surface area contributed by atoms with Crippen molar-refractivity contribution in [3.05, 3.63) is 65.7 Å². The Labute approximate surface area is 146 Å². The van der Waals surface area contributed by atoms with E-state index in [4.69, 9.17) is 4.42 Å². The average Bonchev–Trinajstić information content (AvgIpc) is 2.98. The van der Waals surface area contributed by atoms with Crippen molar-refractivity contribution < 1.29 is 13.6 Å². The Morgan fingerprint density at radius 2 is 1.92 bits per heavy atom. The maximum Gasteiger partial charge on any atom is 0.287 e. The van der Waals surface area contributed by atoms with Crippen LogP contribution in [0.3, 0.4) is 0 Å². The molecule has 5 heteroatoms. The van der Waals surface area contributed by atoms with Crippen molar-refractivity contribution in [2.24, 2.45) is 0 Å². The van der Waals surface area contributed by atoms with Crippen LogP contribution in [-0.4, -0.2) is 25.5 Å². The molecule has 3 aromatic rings. The second-order valence-corrected chi connectivity index (χ2v) is 6.18. The molecule has 25 heavy (non-hydrogen) atoms. The molecule has 0 aliphatic carbocycles. The molecule has 1 N–H and O–H groups in total. The van der Waals surface area contributed by atoms with Crippen molar-refractivity contribution in [2.75, 3.05) is 18.5 Å². The predicted octanol–water partition coefficient (Wildman–Crippen LogP) is 4.14. The third-order valence-corrected chi connectivity index (χ3v) is 4.50. The van der Waals surface area contributed by atoms with Crippen LogP contribution in [-0.2, 0) is 0 Å². The third kappa shape index (κ3) is 3.36. The molecular weight excluding hydrogens is 319 g/mol. The maximum atomic E-state index is 13.8. The number of aryl methyl sites for hydroxylation is 1. The number of rotatable bonds is 5. The van der Waals surface area contributed by atoms with Gasteiger partial charge in [0.25, 0.3) is 5.91 Å². The Hall–Kier alpha value is -2.82. The fourth-order valence-corrected chi connectivity index (χ4v) is 2.80. The largest absolute Gasteiger partial charge is 0.448 e. The second-order valence-electron chi connectivity index (χ2n) is 6.18. The molecule has 0 aliphatic heterocycles. The molecule has 0 bridgehead atoms. The Morgan fingerprint density at radius 3 is 2.60 bits per heavy atom. The summed E-state index contributed by atoms with van der Waals surface area (Å²) in [5.41, 5.74) is 1.85. The van der Waals surface area contributed by atoms with Crippen LogP contribution in [0.5, 0.6) is 0 Å². The number of halogens is 1. The Kier molecular flexibility index (Phi) is 4.74. The number of carbonyl (C=O) groups is 1. The van der Waals surface area contributed by atoms with E-state index in [-0.39, 0.29) is 23.3 Å². The standard InChI is InChI=1S/C20H21FN2O2/c1-13(23(3)15-8-5-4-6-9-15)12-22-20(24)18-14(2)16-10-7-11-17(21)19(16)25-18/h4-11,13H,12H2,1-3H3,(H,22,24). The fraction of sp³-hybridized carbons (Fsp3) is 0.250. The highest BCUT2D eigenvalue weighted by molar-refractivity contribution is 5.99. The lowest BCUT2D eigenvalue weighted by Crippen LogP contribution is -2.40. The molecule has 0 spiro atoms. The third-order valence-electron chi connectivity index (χ3n) is 4.50. The van der Waals surface area contributed by atoms with Crippen LogP contribution < -0.4 is 10.2 Å². The minimum atomic E-state index is -0.461. The van der Waals surface area contributed by atoms with Gasteiger partial charge in [0.1, 0.15) is 0 Å². The number of para-hydroxylation sites is 2. The van der Waals surface area contributed by atoms with Crippen LogP contribution in [0.1, 0.15) is 23.0 Å². The summed E-state index contributed by atoms with van der Waals surface area (Å²) in [5.74, 6) is -0.632. The molecule has 1 atom stereocenters. The topological polar surface area (TPSA) is 45.5 Å². The van der Waals surface area contributed by atoms with Crippen LogP contribution in [0.2, 0.25) is 0 Å². The number of hydrogen-bond donors (Lipinski definition) is 1. The van der Waals surface area contributed by atoms with Crippen molar-refractivity contribution in [1.29, 1.82) is 0 Å². The predicted molar refractivity (Wildman–Crippen MR) is 97.5 cm³/mol. The average molecular weight is 340 g/mol. The Bertz CT molecular complexity index is 889. The molecule has 1 heterocycles. The summed E-state index contributed by atoms with van der Waals surface area (Å²) in [6.45, 7) is 4.24. The monoisotopic (exact) mass is 340 g/mol. The summed E-state index contributed by atoms with van der Waals surface area (Å²) in [6, 6.07) is 14.7. The van der Waals surface area contributed by atoms with Crippen LogP contribution >= 0.6 is 0 Å². The lowest BCUT2D eigenvalue weighted by atomic mass is 10.1. The molecule has 1 amide bonds. The molecule has 0 aliphatic rings. The number of furan rings is 1.